The highest BCUT2D eigenvalue weighted by Gasteiger charge is 2.24. The van der Waals surface area contributed by atoms with E-state index in [4.69, 9.17) is 5.73 Å². The van der Waals surface area contributed by atoms with Crippen LogP contribution >= 0.6 is 11.3 Å². The SMILES string of the molecule is Cc1nnc2sc(C(=O)N(C)CCN(C)S(=O)(=O)c3ccccc3)c(N)c2c1C. The van der Waals surface area contributed by atoms with Gasteiger partial charge in [0.2, 0.25) is 10.0 Å². The van der Waals surface area contributed by atoms with Crippen molar-refractivity contribution in [2.75, 3.05) is 32.9 Å². The third-order valence-electron chi connectivity index (χ3n) is 4.88. The van der Waals surface area contributed by atoms with Gasteiger partial charge in [-0.3, -0.25) is 4.79 Å². The van der Waals surface area contributed by atoms with Crippen molar-refractivity contribution in [3.8, 4) is 0 Å². The standard InChI is InChI=1S/C19H23N5O3S2/c1-12-13(2)21-22-18-15(12)16(20)17(28-18)19(25)23(3)10-11-24(4)29(26,27)14-8-6-5-7-9-14/h5-9H,10-11,20H2,1-4H3. The first-order valence-electron chi connectivity index (χ1n) is 8.93. The van der Waals surface area contributed by atoms with Crippen LogP contribution in [0.2, 0.25) is 0 Å². The van der Waals surface area contributed by atoms with Crippen LogP contribution in [0.3, 0.4) is 0 Å². The third kappa shape index (κ3) is 3.96. The summed E-state index contributed by atoms with van der Waals surface area (Å²) in [6.45, 7) is 4.12. The number of fused-ring (bicyclic) bond motifs is 1. The van der Waals surface area contributed by atoms with Gasteiger partial charge in [-0.1, -0.05) is 18.2 Å². The topological polar surface area (TPSA) is 109 Å². The van der Waals surface area contributed by atoms with Crippen LogP contribution in [0.5, 0.6) is 0 Å². The zero-order valence-electron chi connectivity index (χ0n) is 16.7. The van der Waals surface area contributed by atoms with Crippen molar-refractivity contribution in [3.05, 3.63) is 46.5 Å². The molecule has 10 heteroatoms. The van der Waals surface area contributed by atoms with Crippen molar-refractivity contribution in [3.63, 3.8) is 0 Å². The summed E-state index contributed by atoms with van der Waals surface area (Å²) in [4.78, 5) is 15.6. The first-order valence-corrected chi connectivity index (χ1v) is 11.2. The summed E-state index contributed by atoms with van der Waals surface area (Å²) >= 11 is 1.20. The number of hydrogen-bond donors (Lipinski definition) is 1. The van der Waals surface area contributed by atoms with Gasteiger partial charge in [0.25, 0.3) is 5.91 Å². The molecule has 8 nitrogen and oxygen atoms in total. The smallest absolute Gasteiger partial charge is 0.265 e. The van der Waals surface area contributed by atoms with Crippen LogP contribution in [0.15, 0.2) is 35.2 Å². The number of anilines is 1. The Morgan fingerprint density at radius 3 is 2.41 bits per heavy atom. The van der Waals surface area contributed by atoms with E-state index in [9.17, 15) is 13.2 Å². The van der Waals surface area contributed by atoms with E-state index >= 15 is 0 Å². The molecule has 0 saturated carbocycles. The number of thiophene rings is 1. The van der Waals surface area contributed by atoms with E-state index in [0.29, 0.717) is 15.4 Å². The van der Waals surface area contributed by atoms with Crippen LogP contribution in [0.4, 0.5) is 5.69 Å². The number of benzene rings is 1. The normalized spacial score (nSPS) is 11.9. The highest BCUT2D eigenvalue weighted by atomic mass is 32.2. The molecule has 2 N–H and O–H groups in total. The number of hydrogen-bond acceptors (Lipinski definition) is 7. The summed E-state index contributed by atoms with van der Waals surface area (Å²) in [6.07, 6.45) is 0. The van der Waals surface area contributed by atoms with E-state index in [1.54, 1.807) is 37.4 Å². The summed E-state index contributed by atoms with van der Waals surface area (Å²) in [6, 6.07) is 8.20. The second-order valence-electron chi connectivity index (χ2n) is 6.80. The van der Waals surface area contributed by atoms with Crippen LogP contribution in [0.1, 0.15) is 20.9 Å². The monoisotopic (exact) mass is 433 g/mol. The lowest BCUT2D eigenvalue weighted by atomic mass is 10.1. The Morgan fingerprint density at radius 2 is 1.76 bits per heavy atom. The Hall–Kier alpha value is -2.56. The summed E-state index contributed by atoms with van der Waals surface area (Å²) in [5.74, 6) is -0.270. The van der Waals surface area contributed by atoms with Crippen molar-refractivity contribution in [1.29, 1.82) is 0 Å². The molecule has 1 amide bonds. The van der Waals surface area contributed by atoms with E-state index in [2.05, 4.69) is 10.2 Å². The summed E-state index contributed by atoms with van der Waals surface area (Å²) in [7, 11) is -0.489. The fourth-order valence-electron chi connectivity index (χ4n) is 2.86. The van der Waals surface area contributed by atoms with Crippen molar-refractivity contribution in [1.82, 2.24) is 19.4 Å². The van der Waals surface area contributed by atoms with Gasteiger partial charge < -0.3 is 10.6 Å². The second kappa shape index (κ2) is 8.05. The minimum absolute atomic E-state index is 0.155. The highest BCUT2D eigenvalue weighted by Crippen LogP contribution is 2.35. The fraction of sp³-hybridized carbons (Fsp3) is 0.316. The van der Waals surface area contributed by atoms with E-state index in [-0.39, 0.29) is 23.9 Å². The first-order chi connectivity index (χ1) is 13.6. The molecule has 3 rings (SSSR count). The Balaban J connectivity index is 1.75. The van der Waals surface area contributed by atoms with Crippen molar-refractivity contribution >= 4 is 43.2 Å². The molecule has 0 bridgehead atoms. The van der Waals surface area contributed by atoms with Gasteiger partial charge in [-0.05, 0) is 31.5 Å². The Kier molecular flexibility index (Phi) is 5.87. The maximum absolute atomic E-state index is 12.9. The second-order valence-corrected chi connectivity index (χ2v) is 9.85. The largest absolute Gasteiger partial charge is 0.397 e. The first kappa shape index (κ1) is 21.2. The molecule has 0 atom stereocenters. The molecule has 3 aromatic rings. The number of amides is 1. The van der Waals surface area contributed by atoms with Gasteiger partial charge in [-0.25, -0.2) is 8.42 Å². The average Bonchev–Trinajstić information content (AvgIpc) is 3.05. The molecule has 2 aromatic heterocycles. The van der Waals surface area contributed by atoms with Gasteiger partial charge in [0.15, 0.2) is 0 Å². The molecule has 1 aromatic carbocycles. The van der Waals surface area contributed by atoms with Crippen LogP contribution in [-0.4, -0.2) is 60.9 Å². The lowest BCUT2D eigenvalue weighted by molar-refractivity contribution is 0.0796. The van der Waals surface area contributed by atoms with Crippen LogP contribution in [0, 0.1) is 13.8 Å². The number of carbonyl (C=O) groups is 1. The fourth-order valence-corrected chi connectivity index (χ4v) is 5.14. The molecule has 0 aliphatic carbocycles. The van der Waals surface area contributed by atoms with Gasteiger partial charge in [-0.15, -0.1) is 16.4 Å². The molecule has 0 aliphatic heterocycles. The van der Waals surface area contributed by atoms with Crippen LogP contribution < -0.4 is 5.73 Å². The zero-order valence-corrected chi connectivity index (χ0v) is 18.3. The van der Waals surface area contributed by atoms with E-state index in [0.717, 1.165) is 16.6 Å². The van der Waals surface area contributed by atoms with Gasteiger partial charge in [0.05, 0.1) is 16.3 Å². The van der Waals surface area contributed by atoms with Gasteiger partial charge in [0.1, 0.15) is 9.71 Å². The molecular weight excluding hydrogens is 410 g/mol. The van der Waals surface area contributed by atoms with Crippen LogP contribution in [-0.2, 0) is 10.0 Å². The molecule has 29 heavy (non-hydrogen) atoms. The van der Waals surface area contributed by atoms with E-state index < -0.39 is 10.0 Å². The van der Waals surface area contributed by atoms with E-state index in [1.807, 2.05) is 13.8 Å². The lowest BCUT2D eigenvalue weighted by Crippen LogP contribution is -2.37. The summed E-state index contributed by atoms with van der Waals surface area (Å²) < 4.78 is 26.5. The molecule has 0 aliphatic rings. The maximum Gasteiger partial charge on any atom is 0.265 e. The average molecular weight is 434 g/mol. The van der Waals surface area contributed by atoms with Crippen molar-refractivity contribution in [2.45, 2.75) is 18.7 Å². The quantitative estimate of drug-likeness (QED) is 0.639. The van der Waals surface area contributed by atoms with Crippen LogP contribution in [0.25, 0.3) is 10.2 Å². The number of aromatic nitrogens is 2. The number of sulfonamides is 1. The Morgan fingerprint density at radius 1 is 1.10 bits per heavy atom. The molecule has 154 valence electrons. The van der Waals surface area contributed by atoms with Gasteiger partial charge in [-0.2, -0.15) is 9.40 Å². The number of nitrogens with two attached hydrogens (primary N) is 1. The third-order valence-corrected chi connectivity index (χ3v) is 7.83. The van der Waals surface area contributed by atoms with Crippen molar-refractivity contribution < 1.29 is 13.2 Å². The Bertz CT molecular complexity index is 1160. The number of nitrogen functional groups attached to an aromatic ring is 1. The predicted octanol–water partition coefficient (Wildman–Crippen LogP) is 2.28. The zero-order chi connectivity index (χ0) is 21.3. The summed E-state index contributed by atoms with van der Waals surface area (Å²) in [5, 5.41) is 8.98. The summed E-state index contributed by atoms with van der Waals surface area (Å²) in [5.41, 5.74) is 8.30. The molecule has 0 fully saturated rings. The molecule has 0 radical (unpaired) electrons. The molecular formula is C19H23N5O3S2. The maximum atomic E-state index is 12.9. The molecule has 0 spiro atoms. The minimum atomic E-state index is -3.61. The minimum Gasteiger partial charge on any atom is -0.397 e. The van der Waals surface area contributed by atoms with E-state index in [1.165, 1.54) is 27.6 Å². The number of likely N-dealkylation sites (N-methyl/N-ethyl adjacent to an activating group) is 2. The van der Waals surface area contributed by atoms with Gasteiger partial charge >= 0.3 is 0 Å². The number of carbonyl (C=O) groups excluding carboxylic acids is 1. The Labute approximate surface area is 174 Å². The molecule has 0 unspecified atom stereocenters. The lowest BCUT2D eigenvalue weighted by Gasteiger charge is -2.22. The number of rotatable bonds is 6. The molecule has 2 heterocycles. The van der Waals surface area contributed by atoms with Gasteiger partial charge in [0, 0.05) is 32.6 Å². The van der Waals surface area contributed by atoms with Crippen molar-refractivity contribution in [2.24, 2.45) is 0 Å². The predicted molar refractivity (Wildman–Crippen MR) is 115 cm³/mol. The highest BCUT2D eigenvalue weighted by molar-refractivity contribution is 7.89. The number of nitrogens with zero attached hydrogens (tertiary/aromatic N) is 4. The number of aryl methyl sites for hydroxylation is 2. The molecule has 0 saturated heterocycles.